The highest BCUT2D eigenvalue weighted by molar-refractivity contribution is 6.30. The highest BCUT2D eigenvalue weighted by Gasteiger charge is 2.19. The van der Waals surface area contributed by atoms with Crippen LogP contribution in [0.15, 0.2) is 39.9 Å². The zero-order chi connectivity index (χ0) is 14.9. The summed E-state index contributed by atoms with van der Waals surface area (Å²) in [4.78, 5) is 27.2. The normalized spacial score (nSPS) is 12.7. The molecule has 4 nitrogen and oxygen atoms in total. The Morgan fingerprint density at radius 1 is 1.10 bits per heavy atom. The summed E-state index contributed by atoms with van der Waals surface area (Å²) >= 11 is 5.98. The summed E-state index contributed by atoms with van der Waals surface area (Å²) in [5.74, 6) is -0.0546. The molecule has 5 heteroatoms. The van der Waals surface area contributed by atoms with Crippen molar-refractivity contribution in [2.24, 2.45) is 0 Å². The number of rotatable bonds is 3. The maximum Gasteiger partial charge on any atom is 0.330 e. The summed E-state index contributed by atoms with van der Waals surface area (Å²) in [6, 6.07) is 9.09. The third kappa shape index (κ3) is 2.56. The van der Waals surface area contributed by atoms with Crippen LogP contribution in [0.5, 0.6) is 0 Å². The highest BCUT2D eigenvalue weighted by Crippen LogP contribution is 2.19. The molecule has 2 aromatic rings. The molecule has 106 valence electrons. The smallest absolute Gasteiger partial charge is 0.297 e. The zero-order valence-corrected chi connectivity index (χ0v) is 12.4. The molecule has 0 aliphatic rings. The number of aromatic amines is 1. The lowest BCUT2D eigenvalue weighted by Crippen LogP contribution is -2.40. The molecule has 0 aliphatic heterocycles. The van der Waals surface area contributed by atoms with Crippen LogP contribution in [0.3, 0.4) is 0 Å². The van der Waals surface area contributed by atoms with E-state index in [1.165, 1.54) is 4.57 Å². The Bertz CT molecular complexity index is 717. The highest BCUT2D eigenvalue weighted by atomic mass is 35.5. The lowest BCUT2D eigenvalue weighted by Gasteiger charge is -2.17. The van der Waals surface area contributed by atoms with Crippen molar-refractivity contribution in [3.05, 3.63) is 67.4 Å². The molecule has 0 spiro atoms. The van der Waals surface area contributed by atoms with Gasteiger partial charge in [-0.15, -0.1) is 0 Å². The van der Waals surface area contributed by atoms with Gasteiger partial charge in [0.1, 0.15) is 5.15 Å². The van der Waals surface area contributed by atoms with E-state index in [9.17, 15) is 9.59 Å². The number of aromatic nitrogens is 2. The number of hydrogen-bond donors (Lipinski definition) is 1. The van der Waals surface area contributed by atoms with E-state index in [-0.39, 0.29) is 22.7 Å². The van der Waals surface area contributed by atoms with Crippen molar-refractivity contribution in [3.63, 3.8) is 0 Å². The maximum absolute atomic E-state index is 12.5. The average molecular weight is 293 g/mol. The molecular formula is C15H17ClN2O2. The van der Waals surface area contributed by atoms with Gasteiger partial charge < -0.3 is 0 Å². The molecule has 2 rings (SSSR count). The van der Waals surface area contributed by atoms with Crippen LogP contribution in [-0.4, -0.2) is 9.55 Å². The van der Waals surface area contributed by atoms with Gasteiger partial charge in [-0.1, -0.05) is 55.8 Å². The fourth-order valence-electron chi connectivity index (χ4n) is 2.27. The predicted molar refractivity (Wildman–Crippen MR) is 80.7 cm³/mol. The van der Waals surface area contributed by atoms with Crippen LogP contribution >= 0.6 is 11.6 Å². The van der Waals surface area contributed by atoms with Gasteiger partial charge in [-0.2, -0.15) is 0 Å². The summed E-state index contributed by atoms with van der Waals surface area (Å²) < 4.78 is 1.22. The van der Waals surface area contributed by atoms with Gasteiger partial charge in [-0.3, -0.25) is 14.3 Å². The van der Waals surface area contributed by atoms with Crippen LogP contribution < -0.4 is 11.2 Å². The minimum Gasteiger partial charge on any atom is -0.297 e. The van der Waals surface area contributed by atoms with Crippen LogP contribution in [0.1, 0.15) is 43.9 Å². The molecule has 1 aromatic heterocycles. The first-order valence-corrected chi connectivity index (χ1v) is 6.90. The summed E-state index contributed by atoms with van der Waals surface area (Å²) in [7, 11) is 0. The van der Waals surface area contributed by atoms with Crippen molar-refractivity contribution in [3.8, 4) is 0 Å². The molecule has 0 saturated carbocycles. The number of benzene rings is 1. The van der Waals surface area contributed by atoms with Crippen LogP contribution in [0.4, 0.5) is 0 Å². The van der Waals surface area contributed by atoms with E-state index in [2.05, 4.69) is 4.98 Å². The molecule has 0 aliphatic carbocycles. The SMILES string of the molecule is CC(C)c1c(Cl)[nH]c(=O)n(C(C)c2ccccc2)c1=O. The predicted octanol–water partition coefficient (Wildman–Crippen LogP) is 2.92. The number of hydrogen-bond acceptors (Lipinski definition) is 2. The Balaban J connectivity index is 2.67. The topological polar surface area (TPSA) is 54.9 Å². The first-order chi connectivity index (χ1) is 9.43. The molecule has 20 heavy (non-hydrogen) atoms. The minimum absolute atomic E-state index is 0.0546. The van der Waals surface area contributed by atoms with E-state index in [1.807, 2.05) is 51.1 Å². The number of nitrogens with one attached hydrogen (secondary N) is 1. The molecule has 0 amide bonds. The van der Waals surface area contributed by atoms with Crippen LogP contribution in [-0.2, 0) is 0 Å². The lowest BCUT2D eigenvalue weighted by atomic mass is 10.1. The summed E-state index contributed by atoms with van der Waals surface area (Å²) in [5, 5.41) is 0.131. The van der Waals surface area contributed by atoms with Crippen molar-refractivity contribution in [2.45, 2.75) is 32.7 Å². The van der Waals surface area contributed by atoms with Crippen molar-refractivity contribution < 1.29 is 0 Å². The molecule has 1 unspecified atom stereocenters. The molecule has 0 radical (unpaired) electrons. The molecule has 1 heterocycles. The molecule has 0 bridgehead atoms. The van der Waals surface area contributed by atoms with E-state index in [0.29, 0.717) is 5.56 Å². The van der Waals surface area contributed by atoms with Gasteiger partial charge in [0, 0.05) is 0 Å². The van der Waals surface area contributed by atoms with E-state index >= 15 is 0 Å². The quantitative estimate of drug-likeness (QED) is 0.884. The van der Waals surface area contributed by atoms with Crippen molar-refractivity contribution in [1.82, 2.24) is 9.55 Å². The Hall–Kier alpha value is -1.81. The molecule has 1 N–H and O–H groups in total. The Morgan fingerprint density at radius 3 is 2.25 bits per heavy atom. The van der Waals surface area contributed by atoms with Gasteiger partial charge in [0.15, 0.2) is 0 Å². The zero-order valence-electron chi connectivity index (χ0n) is 11.7. The van der Waals surface area contributed by atoms with Gasteiger partial charge in [0.05, 0.1) is 11.6 Å². The molecular weight excluding hydrogens is 276 g/mol. The Morgan fingerprint density at radius 2 is 1.70 bits per heavy atom. The second kappa shape index (κ2) is 5.67. The van der Waals surface area contributed by atoms with Crippen LogP contribution in [0.2, 0.25) is 5.15 Å². The standard InChI is InChI=1S/C15H17ClN2O2/c1-9(2)12-13(16)17-15(20)18(14(12)19)10(3)11-7-5-4-6-8-11/h4-10H,1-3H3,(H,17,20). The third-order valence-electron chi connectivity index (χ3n) is 3.37. The fraction of sp³-hybridized carbons (Fsp3) is 0.333. The number of halogens is 1. The number of H-pyrrole nitrogens is 1. The van der Waals surface area contributed by atoms with Gasteiger partial charge in [0.25, 0.3) is 5.56 Å². The van der Waals surface area contributed by atoms with Crippen LogP contribution in [0.25, 0.3) is 0 Å². The van der Waals surface area contributed by atoms with Crippen molar-refractivity contribution in [1.29, 1.82) is 0 Å². The van der Waals surface area contributed by atoms with Crippen LogP contribution in [0, 0.1) is 0 Å². The number of nitrogens with zero attached hydrogens (tertiary/aromatic N) is 1. The molecule has 0 saturated heterocycles. The van der Waals surface area contributed by atoms with Gasteiger partial charge in [0.2, 0.25) is 0 Å². The van der Waals surface area contributed by atoms with E-state index in [1.54, 1.807) is 0 Å². The monoisotopic (exact) mass is 292 g/mol. The minimum atomic E-state index is -0.485. The van der Waals surface area contributed by atoms with Crippen molar-refractivity contribution >= 4 is 11.6 Å². The summed E-state index contributed by atoms with van der Waals surface area (Å²) in [6.45, 7) is 5.57. The molecule has 0 fully saturated rings. The average Bonchev–Trinajstić information content (AvgIpc) is 2.38. The van der Waals surface area contributed by atoms with E-state index in [4.69, 9.17) is 11.6 Å². The second-order valence-electron chi connectivity index (χ2n) is 5.07. The lowest BCUT2D eigenvalue weighted by molar-refractivity contribution is 0.566. The van der Waals surface area contributed by atoms with Gasteiger partial charge >= 0.3 is 5.69 Å². The second-order valence-corrected chi connectivity index (χ2v) is 5.45. The van der Waals surface area contributed by atoms with E-state index in [0.717, 1.165) is 5.56 Å². The van der Waals surface area contributed by atoms with Gasteiger partial charge in [-0.25, -0.2) is 4.79 Å². The van der Waals surface area contributed by atoms with Gasteiger partial charge in [-0.05, 0) is 18.4 Å². The third-order valence-corrected chi connectivity index (χ3v) is 3.67. The van der Waals surface area contributed by atoms with Crippen molar-refractivity contribution in [2.75, 3.05) is 0 Å². The van der Waals surface area contributed by atoms with E-state index < -0.39 is 5.69 Å². The Labute approximate surface area is 122 Å². The summed E-state index contributed by atoms with van der Waals surface area (Å²) in [6.07, 6.45) is 0. The fourth-order valence-corrected chi connectivity index (χ4v) is 2.65. The summed E-state index contributed by atoms with van der Waals surface area (Å²) in [5.41, 5.74) is 0.525. The first-order valence-electron chi connectivity index (χ1n) is 6.52. The Kier molecular flexibility index (Phi) is 4.14. The molecule has 1 atom stereocenters. The largest absolute Gasteiger partial charge is 0.330 e. The maximum atomic E-state index is 12.5. The molecule has 1 aromatic carbocycles. The first kappa shape index (κ1) is 14.6.